The van der Waals surface area contributed by atoms with Crippen LogP contribution in [0, 0.1) is 44.5 Å². The molecule has 0 aliphatic carbocycles. The van der Waals surface area contributed by atoms with E-state index < -0.39 is 0 Å². The van der Waals surface area contributed by atoms with E-state index in [0.717, 1.165) is 64.0 Å². The summed E-state index contributed by atoms with van der Waals surface area (Å²) in [5, 5.41) is 13.8. The number of benzene rings is 3. The Bertz CT molecular complexity index is 1470. The fourth-order valence-electron chi connectivity index (χ4n) is 5.14. The van der Waals surface area contributed by atoms with E-state index in [1.165, 1.54) is 11.6 Å². The summed E-state index contributed by atoms with van der Waals surface area (Å²) in [5.74, 6) is 0.373. The Morgan fingerprint density at radius 1 is 0.900 bits per heavy atom. The molecule has 0 saturated carbocycles. The zero-order valence-corrected chi connectivity index (χ0v) is 27.1. The predicted octanol–water partition coefficient (Wildman–Crippen LogP) is 9.79. The first kappa shape index (κ1) is 33.3. The molecule has 215 valence electrons. The number of rotatable bonds is 8. The number of carbonyl (C=O) groups excluding carboxylic acids is 1. The van der Waals surface area contributed by atoms with Gasteiger partial charge in [0.25, 0.3) is 0 Å². The van der Waals surface area contributed by atoms with E-state index >= 15 is 0 Å². The number of hydrogen-bond donors (Lipinski definition) is 1. The summed E-state index contributed by atoms with van der Waals surface area (Å²) >= 11 is 0. The molecule has 0 bridgehead atoms. The molecule has 0 aliphatic heterocycles. The van der Waals surface area contributed by atoms with Crippen molar-refractivity contribution in [1.29, 1.82) is 0 Å². The van der Waals surface area contributed by atoms with E-state index in [9.17, 15) is 14.3 Å². The van der Waals surface area contributed by atoms with Crippen molar-refractivity contribution in [3.8, 4) is 11.3 Å². The molecule has 4 aromatic rings. The predicted molar refractivity (Wildman–Crippen MR) is 162 cm³/mol. The van der Waals surface area contributed by atoms with Crippen LogP contribution in [-0.4, -0.2) is 15.9 Å². The van der Waals surface area contributed by atoms with Crippen LogP contribution < -0.4 is 0 Å². The summed E-state index contributed by atoms with van der Waals surface area (Å²) in [6.07, 6.45) is 6.70. The van der Waals surface area contributed by atoms with Crippen LogP contribution in [0.15, 0.2) is 60.5 Å². The van der Waals surface area contributed by atoms with Crippen molar-refractivity contribution >= 4 is 27.3 Å². The average Bonchev–Trinajstić information content (AvgIpc) is 2.90. The molecule has 1 radical (unpaired) electrons. The molecule has 0 atom stereocenters. The molecule has 1 N–H and O–H groups in total. The van der Waals surface area contributed by atoms with Crippen molar-refractivity contribution in [2.75, 3.05) is 0 Å². The summed E-state index contributed by atoms with van der Waals surface area (Å²) in [5.41, 5.74) is 4.81. The second-order valence-corrected chi connectivity index (χ2v) is 10.4. The summed E-state index contributed by atoms with van der Waals surface area (Å²) in [4.78, 5) is 16.3. The molecule has 40 heavy (non-hydrogen) atoms. The van der Waals surface area contributed by atoms with Gasteiger partial charge in [-0.1, -0.05) is 53.7 Å². The van der Waals surface area contributed by atoms with Crippen molar-refractivity contribution < 1.29 is 34.4 Å². The monoisotopic (exact) mass is 719 g/mol. The first-order chi connectivity index (χ1) is 18.6. The van der Waals surface area contributed by atoms with E-state index in [4.69, 9.17) is 0 Å². The van der Waals surface area contributed by atoms with E-state index in [-0.39, 0.29) is 49.3 Å². The van der Waals surface area contributed by atoms with E-state index in [2.05, 4.69) is 36.2 Å². The number of ketones is 1. The van der Waals surface area contributed by atoms with Gasteiger partial charge in [-0.25, -0.2) is 4.39 Å². The summed E-state index contributed by atoms with van der Waals surface area (Å²) in [6.45, 7) is 14.0. The number of allylic oxidation sites excluding steroid dienone is 2. The fourth-order valence-corrected chi connectivity index (χ4v) is 5.14. The molecule has 0 aliphatic rings. The minimum Gasteiger partial charge on any atom is -0.512 e. The minimum atomic E-state index is -0.175. The Labute approximate surface area is 252 Å². The smallest absolute Gasteiger partial charge is 0.162 e. The van der Waals surface area contributed by atoms with Gasteiger partial charge < -0.3 is 10.1 Å². The Balaban J connectivity index is 0.000000307. The number of hydrogen-bond acceptors (Lipinski definition) is 3. The Morgan fingerprint density at radius 2 is 1.55 bits per heavy atom. The van der Waals surface area contributed by atoms with Gasteiger partial charge in [-0.3, -0.25) is 4.79 Å². The number of pyridine rings is 1. The van der Waals surface area contributed by atoms with Crippen LogP contribution in [0.4, 0.5) is 4.39 Å². The topological polar surface area (TPSA) is 50.2 Å². The summed E-state index contributed by atoms with van der Waals surface area (Å²) < 4.78 is 14.1. The first-order valence-corrected chi connectivity index (χ1v) is 14.1. The first-order valence-electron chi connectivity index (χ1n) is 14.1. The van der Waals surface area contributed by atoms with Crippen molar-refractivity contribution in [3.05, 3.63) is 89.1 Å². The summed E-state index contributed by atoms with van der Waals surface area (Å²) in [7, 11) is 0. The van der Waals surface area contributed by atoms with Gasteiger partial charge in [-0.15, -0.1) is 34.9 Å². The third-order valence-corrected chi connectivity index (χ3v) is 7.53. The van der Waals surface area contributed by atoms with E-state index in [0.29, 0.717) is 5.56 Å². The molecular formula is C35H41FIrNO2-. The second-order valence-electron chi connectivity index (χ2n) is 10.4. The Morgan fingerprint density at radius 3 is 2.15 bits per heavy atom. The molecule has 0 unspecified atom stereocenters. The third kappa shape index (κ3) is 7.86. The molecular weight excluding hydrogens is 678 g/mol. The van der Waals surface area contributed by atoms with Gasteiger partial charge in [0, 0.05) is 44.2 Å². The molecule has 0 spiro atoms. The molecule has 1 heterocycles. The largest absolute Gasteiger partial charge is 0.512 e. The standard InChI is InChI=1S/C22H17FN.C13H24O2.Ir/c1-13-8-14(2)10-17(9-13)22-19-5-4-16-11-15(3)21(23)12-20(16)18(19)6-7-24-22;1-5-10(6-2)12(14)9-13(15)11(7-3)8-4;/h4-9,11-12H,1-3H3;9-11,14H,5-8H2,1-4H3;/q-1;;. The van der Waals surface area contributed by atoms with Crippen molar-refractivity contribution in [2.24, 2.45) is 11.8 Å². The minimum absolute atomic E-state index is 0. The number of aliphatic hydroxyl groups is 1. The Hall–Kier alpha value is -2.88. The molecule has 5 heteroatoms. The molecule has 0 amide bonds. The molecule has 4 rings (SSSR count). The molecule has 3 nitrogen and oxygen atoms in total. The normalized spacial score (nSPS) is 11.5. The number of aryl methyl sites for hydroxylation is 3. The van der Waals surface area contributed by atoms with E-state index in [1.54, 1.807) is 19.2 Å². The van der Waals surface area contributed by atoms with Crippen LogP contribution in [-0.2, 0) is 24.9 Å². The number of nitrogens with zero attached hydrogens (tertiary/aromatic N) is 1. The number of aromatic nitrogens is 1. The molecule has 1 aromatic heterocycles. The quantitative estimate of drug-likeness (QED) is 0.0855. The van der Waals surface area contributed by atoms with Crippen molar-refractivity contribution in [2.45, 2.75) is 74.1 Å². The SMILES string of the molecule is CCC(CC)C(=O)C=C(O)C(CC)CC.Cc1[c-]c(-c2nccc3c2ccc2cc(C)c(F)cc23)cc(C)c1.[Ir]. The Kier molecular flexibility index (Phi) is 12.7. The van der Waals surface area contributed by atoms with Crippen LogP contribution >= 0.6 is 0 Å². The number of halogens is 1. The maximum Gasteiger partial charge on any atom is 0.162 e. The van der Waals surface area contributed by atoms with Crippen LogP contribution in [0.5, 0.6) is 0 Å². The third-order valence-electron chi connectivity index (χ3n) is 7.53. The molecule has 0 fully saturated rings. The number of aliphatic hydroxyl groups excluding tert-OH is 1. The zero-order chi connectivity index (χ0) is 28.7. The van der Waals surface area contributed by atoms with Gasteiger partial charge in [0.2, 0.25) is 0 Å². The number of fused-ring (bicyclic) bond motifs is 3. The van der Waals surface area contributed by atoms with Gasteiger partial charge in [0.15, 0.2) is 5.78 Å². The molecule has 0 saturated heterocycles. The van der Waals surface area contributed by atoms with Crippen LogP contribution in [0.25, 0.3) is 32.8 Å². The van der Waals surface area contributed by atoms with Crippen LogP contribution in [0.1, 0.15) is 70.1 Å². The van der Waals surface area contributed by atoms with Crippen LogP contribution in [0.3, 0.4) is 0 Å². The van der Waals surface area contributed by atoms with Crippen LogP contribution in [0.2, 0.25) is 0 Å². The maximum absolute atomic E-state index is 14.1. The van der Waals surface area contributed by atoms with E-state index in [1.807, 2.05) is 52.8 Å². The van der Waals surface area contributed by atoms with Gasteiger partial charge in [0.05, 0.1) is 5.76 Å². The number of carbonyl (C=O) groups is 1. The molecule has 3 aromatic carbocycles. The van der Waals surface area contributed by atoms with Crippen molar-refractivity contribution in [1.82, 2.24) is 4.98 Å². The van der Waals surface area contributed by atoms with Gasteiger partial charge in [-0.05, 0) is 83.6 Å². The summed E-state index contributed by atoms with van der Waals surface area (Å²) in [6, 6.07) is 17.2. The van der Waals surface area contributed by atoms with Crippen molar-refractivity contribution in [3.63, 3.8) is 0 Å². The zero-order valence-electron chi connectivity index (χ0n) is 24.7. The van der Waals surface area contributed by atoms with Gasteiger partial charge in [0.1, 0.15) is 5.82 Å². The van der Waals surface area contributed by atoms with Gasteiger partial charge in [-0.2, -0.15) is 0 Å². The second kappa shape index (κ2) is 15.2. The maximum atomic E-state index is 14.1. The van der Waals surface area contributed by atoms with Gasteiger partial charge >= 0.3 is 0 Å². The fraction of sp³-hybridized carbons (Fsp3) is 0.371. The average molecular weight is 719 g/mol.